The molecule has 24 heavy (non-hydrogen) atoms. The SMILES string of the molecule is CCOc1ccc(NC(=O)c2ccc(N3CCCCC3)cn2)cc1. The fraction of sp³-hybridized carbons (Fsp3) is 0.368. The molecule has 0 unspecified atom stereocenters. The number of ether oxygens (including phenoxy) is 1. The smallest absolute Gasteiger partial charge is 0.274 e. The Bertz CT molecular complexity index is 662. The van der Waals surface area contributed by atoms with Gasteiger partial charge >= 0.3 is 0 Å². The summed E-state index contributed by atoms with van der Waals surface area (Å²) >= 11 is 0. The highest BCUT2D eigenvalue weighted by Crippen LogP contribution is 2.20. The van der Waals surface area contributed by atoms with Crippen LogP contribution in [-0.2, 0) is 0 Å². The summed E-state index contributed by atoms with van der Waals surface area (Å²) in [5.41, 5.74) is 2.24. The van der Waals surface area contributed by atoms with Crippen LogP contribution in [0.4, 0.5) is 11.4 Å². The number of amides is 1. The maximum absolute atomic E-state index is 12.3. The van der Waals surface area contributed by atoms with E-state index in [1.54, 1.807) is 12.3 Å². The maximum atomic E-state index is 12.3. The van der Waals surface area contributed by atoms with Gasteiger partial charge in [-0.3, -0.25) is 4.79 Å². The van der Waals surface area contributed by atoms with Crippen molar-refractivity contribution in [2.45, 2.75) is 26.2 Å². The van der Waals surface area contributed by atoms with Gasteiger partial charge in [-0.1, -0.05) is 0 Å². The van der Waals surface area contributed by atoms with E-state index >= 15 is 0 Å². The minimum Gasteiger partial charge on any atom is -0.494 e. The molecule has 1 saturated heterocycles. The highest BCUT2D eigenvalue weighted by molar-refractivity contribution is 6.02. The van der Waals surface area contributed by atoms with Crippen molar-refractivity contribution in [2.75, 3.05) is 29.9 Å². The second kappa shape index (κ2) is 7.81. The van der Waals surface area contributed by atoms with Gasteiger partial charge in [0.1, 0.15) is 11.4 Å². The number of hydrogen-bond donors (Lipinski definition) is 1. The Morgan fingerprint density at radius 1 is 1.12 bits per heavy atom. The summed E-state index contributed by atoms with van der Waals surface area (Å²) in [6, 6.07) is 11.1. The first-order valence-corrected chi connectivity index (χ1v) is 8.51. The van der Waals surface area contributed by atoms with Crippen molar-refractivity contribution < 1.29 is 9.53 Å². The summed E-state index contributed by atoms with van der Waals surface area (Å²) in [6.07, 6.45) is 5.53. The van der Waals surface area contributed by atoms with Gasteiger partial charge in [0.05, 0.1) is 18.5 Å². The first-order chi connectivity index (χ1) is 11.8. The molecule has 1 fully saturated rings. The molecule has 0 spiro atoms. The fourth-order valence-corrected chi connectivity index (χ4v) is 2.86. The monoisotopic (exact) mass is 325 g/mol. The van der Waals surface area contributed by atoms with E-state index in [1.807, 2.05) is 37.3 Å². The van der Waals surface area contributed by atoms with E-state index in [9.17, 15) is 4.79 Å². The molecule has 0 radical (unpaired) electrons. The minimum absolute atomic E-state index is 0.204. The lowest BCUT2D eigenvalue weighted by molar-refractivity contribution is 0.102. The summed E-state index contributed by atoms with van der Waals surface area (Å²) in [5, 5.41) is 2.86. The van der Waals surface area contributed by atoms with E-state index in [0.29, 0.717) is 12.3 Å². The van der Waals surface area contributed by atoms with Gasteiger partial charge < -0.3 is 15.0 Å². The first-order valence-electron chi connectivity index (χ1n) is 8.51. The number of carbonyl (C=O) groups is 1. The standard InChI is InChI=1S/C19H23N3O2/c1-2-24-17-9-6-15(7-10-17)21-19(23)18-11-8-16(14-20-18)22-12-4-3-5-13-22/h6-11,14H,2-5,12-13H2,1H3,(H,21,23). The number of nitrogens with zero attached hydrogens (tertiary/aromatic N) is 2. The molecular weight excluding hydrogens is 302 g/mol. The van der Waals surface area contributed by atoms with Gasteiger partial charge in [-0.05, 0) is 62.6 Å². The van der Waals surface area contributed by atoms with E-state index < -0.39 is 0 Å². The Morgan fingerprint density at radius 3 is 2.50 bits per heavy atom. The molecule has 3 rings (SSSR count). The third-order valence-electron chi connectivity index (χ3n) is 4.12. The maximum Gasteiger partial charge on any atom is 0.274 e. The average molecular weight is 325 g/mol. The van der Waals surface area contributed by atoms with Crippen molar-refractivity contribution in [1.82, 2.24) is 4.98 Å². The molecule has 2 heterocycles. The van der Waals surface area contributed by atoms with E-state index in [4.69, 9.17) is 4.74 Å². The van der Waals surface area contributed by atoms with Crippen molar-refractivity contribution in [2.24, 2.45) is 0 Å². The molecule has 1 aromatic heterocycles. The van der Waals surface area contributed by atoms with Crippen LogP contribution in [0.3, 0.4) is 0 Å². The van der Waals surface area contributed by atoms with Crippen LogP contribution >= 0.6 is 0 Å². The van der Waals surface area contributed by atoms with E-state index in [2.05, 4.69) is 15.2 Å². The first kappa shape index (κ1) is 16.3. The van der Waals surface area contributed by atoms with E-state index in [0.717, 1.165) is 30.2 Å². The zero-order valence-corrected chi connectivity index (χ0v) is 14.0. The molecule has 5 heteroatoms. The minimum atomic E-state index is -0.204. The van der Waals surface area contributed by atoms with Gasteiger partial charge in [0.25, 0.3) is 5.91 Å². The Kier molecular flexibility index (Phi) is 5.31. The third-order valence-corrected chi connectivity index (χ3v) is 4.12. The van der Waals surface area contributed by atoms with Crippen LogP contribution in [0.1, 0.15) is 36.7 Å². The van der Waals surface area contributed by atoms with Crippen LogP contribution < -0.4 is 15.0 Å². The Labute approximate surface area is 142 Å². The number of anilines is 2. The second-order valence-corrected chi connectivity index (χ2v) is 5.86. The number of aromatic nitrogens is 1. The van der Waals surface area contributed by atoms with Crippen LogP contribution in [0.15, 0.2) is 42.6 Å². The van der Waals surface area contributed by atoms with Gasteiger partial charge in [0.2, 0.25) is 0 Å². The van der Waals surface area contributed by atoms with Crippen molar-refractivity contribution in [3.63, 3.8) is 0 Å². The quantitative estimate of drug-likeness (QED) is 0.910. The Balaban J connectivity index is 1.62. The summed E-state index contributed by atoms with van der Waals surface area (Å²) in [6.45, 7) is 4.70. The number of rotatable bonds is 5. The van der Waals surface area contributed by atoms with Crippen LogP contribution in [0.25, 0.3) is 0 Å². The molecule has 0 saturated carbocycles. The number of hydrogen-bond acceptors (Lipinski definition) is 4. The molecule has 2 aromatic rings. The predicted octanol–water partition coefficient (Wildman–Crippen LogP) is 3.72. The molecule has 1 aliphatic heterocycles. The van der Waals surface area contributed by atoms with E-state index in [1.165, 1.54) is 19.3 Å². The Morgan fingerprint density at radius 2 is 1.88 bits per heavy atom. The lowest BCUT2D eigenvalue weighted by Crippen LogP contribution is -2.29. The molecule has 1 aliphatic rings. The summed E-state index contributed by atoms with van der Waals surface area (Å²) in [4.78, 5) is 18.9. The normalized spacial score (nSPS) is 14.3. The van der Waals surface area contributed by atoms with Crippen molar-refractivity contribution >= 4 is 17.3 Å². The molecule has 0 aliphatic carbocycles. The number of pyridine rings is 1. The molecular formula is C19H23N3O2. The van der Waals surface area contributed by atoms with E-state index in [-0.39, 0.29) is 5.91 Å². The van der Waals surface area contributed by atoms with Gasteiger partial charge in [0.15, 0.2) is 0 Å². The zero-order chi connectivity index (χ0) is 16.8. The largest absolute Gasteiger partial charge is 0.494 e. The summed E-state index contributed by atoms with van der Waals surface area (Å²) in [5.74, 6) is 0.587. The topological polar surface area (TPSA) is 54.5 Å². The summed E-state index contributed by atoms with van der Waals surface area (Å²) in [7, 11) is 0. The van der Waals surface area contributed by atoms with Crippen molar-refractivity contribution in [3.8, 4) is 5.75 Å². The number of benzene rings is 1. The van der Waals surface area contributed by atoms with Gasteiger partial charge in [-0.15, -0.1) is 0 Å². The third kappa shape index (κ3) is 4.04. The van der Waals surface area contributed by atoms with Gasteiger partial charge in [-0.25, -0.2) is 4.98 Å². The number of piperidine rings is 1. The molecule has 1 aromatic carbocycles. The molecule has 1 N–H and O–H groups in total. The van der Waals surface area contributed by atoms with Crippen LogP contribution in [0, 0.1) is 0 Å². The zero-order valence-electron chi connectivity index (χ0n) is 14.0. The molecule has 0 atom stereocenters. The Hall–Kier alpha value is -2.56. The van der Waals surface area contributed by atoms with Crippen molar-refractivity contribution in [3.05, 3.63) is 48.3 Å². The fourth-order valence-electron chi connectivity index (χ4n) is 2.86. The number of carbonyl (C=O) groups excluding carboxylic acids is 1. The van der Waals surface area contributed by atoms with Crippen LogP contribution in [-0.4, -0.2) is 30.6 Å². The molecule has 126 valence electrons. The number of nitrogens with one attached hydrogen (secondary N) is 1. The second-order valence-electron chi connectivity index (χ2n) is 5.86. The predicted molar refractivity (Wildman–Crippen MR) is 95.9 cm³/mol. The summed E-state index contributed by atoms with van der Waals surface area (Å²) < 4.78 is 5.39. The lowest BCUT2D eigenvalue weighted by Gasteiger charge is -2.28. The van der Waals surface area contributed by atoms with Gasteiger partial charge in [-0.2, -0.15) is 0 Å². The highest BCUT2D eigenvalue weighted by atomic mass is 16.5. The van der Waals surface area contributed by atoms with Crippen LogP contribution in [0.2, 0.25) is 0 Å². The molecule has 0 bridgehead atoms. The highest BCUT2D eigenvalue weighted by Gasteiger charge is 2.13. The average Bonchev–Trinajstić information content (AvgIpc) is 2.64. The molecule has 5 nitrogen and oxygen atoms in total. The van der Waals surface area contributed by atoms with Crippen LogP contribution in [0.5, 0.6) is 5.75 Å². The van der Waals surface area contributed by atoms with Gasteiger partial charge in [0, 0.05) is 18.8 Å². The van der Waals surface area contributed by atoms with Crippen molar-refractivity contribution in [1.29, 1.82) is 0 Å². The lowest BCUT2D eigenvalue weighted by atomic mass is 10.1. The molecule has 1 amide bonds.